The van der Waals surface area contributed by atoms with Gasteiger partial charge in [0.1, 0.15) is 5.75 Å². The maximum atomic E-state index is 5.29. The molecule has 0 radical (unpaired) electrons. The minimum atomic E-state index is 0.502. The molecular weight excluding hydrogens is 318 g/mol. The second-order valence-electron chi connectivity index (χ2n) is 7.55. The van der Waals surface area contributed by atoms with Crippen molar-refractivity contribution >= 4 is 0 Å². The van der Waals surface area contributed by atoms with Gasteiger partial charge in [-0.2, -0.15) is 0 Å². The summed E-state index contributed by atoms with van der Waals surface area (Å²) in [6, 6.07) is 18.0. The van der Waals surface area contributed by atoms with Crippen LogP contribution in [0.5, 0.6) is 5.75 Å². The zero-order valence-electron chi connectivity index (χ0n) is 16.6. The van der Waals surface area contributed by atoms with E-state index in [1.165, 1.54) is 23.1 Å². The molecule has 0 bridgehead atoms. The van der Waals surface area contributed by atoms with Crippen LogP contribution in [0.25, 0.3) is 0 Å². The van der Waals surface area contributed by atoms with Crippen molar-refractivity contribution in [1.29, 1.82) is 0 Å². The number of aryl methyl sites for hydroxylation is 1. The zero-order chi connectivity index (χ0) is 18.5. The first-order valence-electron chi connectivity index (χ1n) is 9.65. The molecule has 0 N–H and O–H groups in total. The molecule has 2 nitrogen and oxygen atoms in total. The third kappa shape index (κ3) is 4.56. The lowest BCUT2D eigenvalue weighted by atomic mass is 9.90. The fourth-order valence-electron chi connectivity index (χ4n) is 3.78. The minimum absolute atomic E-state index is 0.502. The normalized spacial score (nSPS) is 18.2. The van der Waals surface area contributed by atoms with E-state index in [-0.39, 0.29) is 0 Å². The highest BCUT2D eigenvalue weighted by Crippen LogP contribution is 2.27. The van der Waals surface area contributed by atoms with Crippen molar-refractivity contribution in [2.45, 2.75) is 46.1 Å². The molecule has 3 rings (SSSR count). The maximum Gasteiger partial charge on any atom is 0.118 e. The van der Waals surface area contributed by atoms with Crippen molar-refractivity contribution in [2.24, 2.45) is 0 Å². The van der Waals surface area contributed by atoms with Crippen LogP contribution in [0.3, 0.4) is 0 Å². The van der Waals surface area contributed by atoms with Crippen LogP contribution in [0.15, 0.2) is 59.7 Å². The Balaban J connectivity index is 1.71. The summed E-state index contributed by atoms with van der Waals surface area (Å²) in [6.45, 7) is 9.05. The molecule has 0 spiro atoms. The van der Waals surface area contributed by atoms with E-state index in [4.69, 9.17) is 4.74 Å². The van der Waals surface area contributed by atoms with Crippen LogP contribution < -0.4 is 4.74 Å². The number of nitrogens with zero attached hydrogens (tertiary/aromatic N) is 1. The van der Waals surface area contributed by atoms with E-state index >= 15 is 0 Å². The van der Waals surface area contributed by atoms with Gasteiger partial charge in [-0.25, -0.2) is 0 Å². The number of methoxy groups -OCH3 is 1. The van der Waals surface area contributed by atoms with Gasteiger partial charge in [-0.1, -0.05) is 53.1 Å². The SMILES string of the molecule is COc1ccc(CC2C(C)=C(C)CCN2CCc2ccc(C)cc2)cc1. The largest absolute Gasteiger partial charge is 0.497 e. The number of rotatable bonds is 6. The number of ether oxygens (including phenoxy) is 1. The Morgan fingerprint density at radius 1 is 0.923 bits per heavy atom. The molecule has 0 aromatic heterocycles. The molecule has 1 atom stereocenters. The first-order valence-corrected chi connectivity index (χ1v) is 9.65. The van der Waals surface area contributed by atoms with Gasteiger partial charge in [0.2, 0.25) is 0 Å². The van der Waals surface area contributed by atoms with Gasteiger partial charge in [-0.05, 0) is 63.3 Å². The Hall–Kier alpha value is -2.06. The number of hydrogen-bond donors (Lipinski definition) is 0. The fraction of sp³-hybridized carbons (Fsp3) is 0.417. The molecule has 1 aliphatic heterocycles. The molecule has 0 fully saturated rings. The Bertz CT molecular complexity index is 743. The van der Waals surface area contributed by atoms with Gasteiger partial charge in [-0.15, -0.1) is 0 Å². The second kappa shape index (κ2) is 8.55. The third-order valence-electron chi connectivity index (χ3n) is 5.78. The molecule has 2 aromatic rings. The number of benzene rings is 2. The Labute approximate surface area is 158 Å². The lowest BCUT2D eigenvalue weighted by Gasteiger charge is -2.38. The van der Waals surface area contributed by atoms with E-state index in [0.29, 0.717) is 6.04 Å². The van der Waals surface area contributed by atoms with Crippen molar-refractivity contribution in [2.75, 3.05) is 20.2 Å². The zero-order valence-corrected chi connectivity index (χ0v) is 16.6. The highest BCUT2D eigenvalue weighted by atomic mass is 16.5. The summed E-state index contributed by atoms with van der Waals surface area (Å²) in [7, 11) is 1.72. The van der Waals surface area contributed by atoms with Crippen LogP contribution in [0.1, 0.15) is 37.0 Å². The van der Waals surface area contributed by atoms with Gasteiger partial charge in [0.25, 0.3) is 0 Å². The highest BCUT2D eigenvalue weighted by Gasteiger charge is 2.25. The lowest BCUT2D eigenvalue weighted by molar-refractivity contribution is 0.209. The van der Waals surface area contributed by atoms with E-state index in [9.17, 15) is 0 Å². The van der Waals surface area contributed by atoms with Crippen molar-refractivity contribution in [1.82, 2.24) is 4.90 Å². The van der Waals surface area contributed by atoms with Crippen molar-refractivity contribution in [3.63, 3.8) is 0 Å². The molecule has 0 aliphatic carbocycles. The summed E-state index contributed by atoms with van der Waals surface area (Å²) in [6.07, 6.45) is 3.38. The summed E-state index contributed by atoms with van der Waals surface area (Å²) < 4.78 is 5.29. The van der Waals surface area contributed by atoms with Gasteiger partial charge >= 0.3 is 0 Å². The predicted molar refractivity (Wildman–Crippen MR) is 110 cm³/mol. The summed E-state index contributed by atoms with van der Waals surface area (Å²) in [4.78, 5) is 2.67. The van der Waals surface area contributed by atoms with Crippen LogP contribution >= 0.6 is 0 Å². The van der Waals surface area contributed by atoms with Crippen LogP contribution in [-0.4, -0.2) is 31.1 Å². The first-order chi connectivity index (χ1) is 12.6. The lowest BCUT2D eigenvalue weighted by Crippen LogP contribution is -2.43. The average Bonchev–Trinajstić information content (AvgIpc) is 2.67. The Morgan fingerprint density at radius 2 is 1.58 bits per heavy atom. The minimum Gasteiger partial charge on any atom is -0.497 e. The molecule has 1 heterocycles. The third-order valence-corrected chi connectivity index (χ3v) is 5.78. The maximum absolute atomic E-state index is 5.29. The molecule has 2 heteroatoms. The summed E-state index contributed by atoms with van der Waals surface area (Å²) >= 11 is 0. The summed E-state index contributed by atoms with van der Waals surface area (Å²) in [5, 5.41) is 0. The number of hydrogen-bond acceptors (Lipinski definition) is 2. The highest BCUT2D eigenvalue weighted by molar-refractivity contribution is 5.30. The molecule has 1 aliphatic rings. The van der Waals surface area contributed by atoms with Gasteiger partial charge in [0, 0.05) is 19.1 Å². The van der Waals surface area contributed by atoms with Crippen molar-refractivity contribution < 1.29 is 4.74 Å². The van der Waals surface area contributed by atoms with E-state index < -0.39 is 0 Å². The molecule has 138 valence electrons. The van der Waals surface area contributed by atoms with Crippen LogP contribution in [0.4, 0.5) is 0 Å². The Kier molecular flexibility index (Phi) is 6.16. The molecule has 0 amide bonds. The monoisotopic (exact) mass is 349 g/mol. The fourth-order valence-corrected chi connectivity index (χ4v) is 3.78. The van der Waals surface area contributed by atoms with E-state index in [0.717, 1.165) is 31.7 Å². The standard InChI is InChI=1S/C24H31NO/c1-18-5-7-21(8-6-18)14-16-25-15-13-19(2)20(3)24(25)17-22-9-11-23(26-4)12-10-22/h5-12,24H,13-17H2,1-4H3. The van der Waals surface area contributed by atoms with Gasteiger partial charge in [-0.3, -0.25) is 4.90 Å². The van der Waals surface area contributed by atoms with E-state index in [2.05, 4.69) is 74.2 Å². The topological polar surface area (TPSA) is 12.5 Å². The van der Waals surface area contributed by atoms with Crippen LogP contribution in [0, 0.1) is 6.92 Å². The first kappa shape index (κ1) is 18.7. The quantitative estimate of drug-likeness (QED) is 0.665. The van der Waals surface area contributed by atoms with Crippen molar-refractivity contribution in [3.05, 3.63) is 76.4 Å². The van der Waals surface area contributed by atoms with Gasteiger partial charge in [0.05, 0.1) is 7.11 Å². The van der Waals surface area contributed by atoms with Crippen LogP contribution in [-0.2, 0) is 12.8 Å². The molecular formula is C24H31NO. The second-order valence-corrected chi connectivity index (χ2v) is 7.55. The van der Waals surface area contributed by atoms with Gasteiger partial charge in [0.15, 0.2) is 0 Å². The van der Waals surface area contributed by atoms with Crippen molar-refractivity contribution in [3.8, 4) is 5.75 Å². The average molecular weight is 350 g/mol. The van der Waals surface area contributed by atoms with E-state index in [1.807, 2.05) is 0 Å². The predicted octanol–water partition coefficient (Wildman–Crippen LogP) is 5.20. The summed E-state index contributed by atoms with van der Waals surface area (Å²) in [5.74, 6) is 0.928. The van der Waals surface area contributed by atoms with Gasteiger partial charge < -0.3 is 4.74 Å². The smallest absolute Gasteiger partial charge is 0.118 e. The molecule has 1 unspecified atom stereocenters. The summed E-state index contributed by atoms with van der Waals surface area (Å²) in [5.41, 5.74) is 7.26. The van der Waals surface area contributed by atoms with Crippen LogP contribution in [0.2, 0.25) is 0 Å². The Morgan fingerprint density at radius 3 is 2.23 bits per heavy atom. The molecule has 0 saturated heterocycles. The molecule has 2 aromatic carbocycles. The molecule has 26 heavy (non-hydrogen) atoms. The van der Waals surface area contributed by atoms with E-state index in [1.54, 1.807) is 18.3 Å². The molecule has 0 saturated carbocycles.